The number of anilines is 2. The number of hydrogen-bond donors (Lipinski definition) is 0. The van der Waals surface area contributed by atoms with Gasteiger partial charge in [-0.3, -0.25) is 9.10 Å². The first-order valence-electron chi connectivity index (χ1n) is 11.1. The van der Waals surface area contributed by atoms with E-state index >= 15 is 0 Å². The van der Waals surface area contributed by atoms with E-state index < -0.39 is 10.0 Å². The van der Waals surface area contributed by atoms with Crippen LogP contribution in [0.4, 0.5) is 11.4 Å². The number of nitrogens with zero attached hydrogens (tertiary/aromatic N) is 2. The Morgan fingerprint density at radius 1 is 1.06 bits per heavy atom. The number of rotatable bonds is 8. The highest BCUT2D eigenvalue weighted by Gasteiger charge is 2.34. The van der Waals surface area contributed by atoms with Crippen molar-refractivity contribution < 1.29 is 17.9 Å². The molecule has 0 aliphatic carbocycles. The van der Waals surface area contributed by atoms with Crippen LogP contribution in [0, 0.1) is 0 Å². The molecule has 8 heteroatoms. The summed E-state index contributed by atoms with van der Waals surface area (Å²) in [7, 11) is -3.99. The van der Waals surface area contributed by atoms with E-state index in [0.29, 0.717) is 18.0 Å². The van der Waals surface area contributed by atoms with Crippen LogP contribution in [-0.2, 0) is 21.2 Å². The van der Waals surface area contributed by atoms with Crippen molar-refractivity contribution in [2.45, 2.75) is 36.1 Å². The van der Waals surface area contributed by atoms with E-state index in [2.05, 4.69) is 0 Å². The molecule has 0 aromatic heterocycles. The van der Waals surface area contributed by atoms with Crippen molar-refractivity contribution in [2.24, 2.45) is 0 Å². The van der Waals surface area contributed by atoms with E-state index in [0.717, 1.165) is 22.6 Å². The molecule has 0 saturated carbocycles. The van der Waals surface area contributed by atoms with Crippen LogP contribution in [0.1, 0.15) is 19.4 Å². The van der Waals surface area contributed by atoms with E-state index in [9.17, 15) is 13.2 Å². The molecule has 1 aliphatic heterocycles. The lowest BCUT2D eigenvalue weighted by molar-refractivity contribution is -0.117. The summed E-state index contributed by atoms with van der Waals surface area (Å²) in [4.78, 5) is 16.4. The van der Waals surface area contributed by atoms with Gasteiger partial charge in [0.2, 0.25) is 5.91 Å². The summed E-state index contributed by atoms with van der Waals surface area (Å²) >= 11 is 1.54. The number of fused-ring (bicyclic) bond motifs is 1. The van der Waals surface area contributed by atoms with Crippen LogP contribution in [-0.4, -0.2) is 39.8 Å². The van der Waals surface area contributed by atoms with Gasteiger partial charge in [-0.25, -0.2) is 8.42 Å². The van der Waals surface area contributed by atoms with Gasteiger partial charge >= 0.3 is 0 Å². The Labute approximate surface area is 205 Å². The summed E-state index contributed by atoms with van der Waals surface area (Å²) in [5.41, 5.74) is 2.34. The molecule has 0 bridgehead atoms. The summed E-state index contributed by atoms with van der Waals surface area (Å²) in [6, 6.07) is 21.2. The molecule has 34 heavy (non-hydrogen) atoms. The van der Waals surface area contributed by atoms with Gasteiger partial charge in [-0.1, -0.05) is 18.2 Å². The largest absolute Gasteiger partial charge is 0.494 e. The minimum Gasteiger partial charge on any atom is -0.494 e. The smallest absolute Gasteiger partial charge is 0.264 e. The standard InChI is InChI=1S/C26H28N2O4S2/c1-4-32-22-11-9-21(10-12-22)27(34(30,31)24-15-13-23(33-3)14-16-24)18-26(29)28-19(2)17-20-7-5-6-8-25(20)28/h5-16,19H,4,17-18H2,1-3H3/t19-/m1/s1. The maximum absolute atomic E-state index is 13.7. The first-order valence-corrected chi connectivity index (χ1v) is 13.8. The monoisotopic (exact) mass is 496 g/mol. The van der Waals surface area contributed by atoms with Crippen molar-refractivity contribution >= 4 is 39.1 Å². The van der Waals surface area contributed by atoms with Gasteiger partial charge in [-0.15, -0.1) is 11.8 Å². The number of carbonyl (C=O) groups is 1. The van der Waals surface area contributed by atoms with Crippen LogP contribution >= 0.6 is 11.8 Å². The average Bonchev–Trinajstić information content (AvgIpc) is 3.19. The molecule has 0 saturated heterocycles. The molecule has 1 heterocycles. The molecule has 0 radical (unpaired) electrons. The highest BCUT2D eigenvalue weighted by molar-refractivity contribution is 7.98. The number of ether oxygens (including phenoxy) is 1. The lowest BCUT2D eigenvalue weighted by atomic mass is 10.1. The summed E-state index contributed by atoms with van der Waals surface area (Å²) < 4.78 is 34.2. The molecule has 3 aromatic carbocycles. The molecule has 4 rings (SSSR count). The van der Waals surface area contributed by atoms with E-state index in [-0.39, 0.29) is 23.4 Å². The first-order chi connectivity index (χ1) is 16.3. The Bertz CT molecular complexity index is 1260. The van der Waals surface area contributed by atoms with Crippen LogP contribution in [0.2, 0.25) is 0 Å². The lowest BCUT2D eigenvalue weighted by Gasteiger charge is -2.29. The van der Waals surface area contributed by atoms with Crippen LogP contribution < -0.4 is 13.9 Å². The van der Waals surface area contributed by atoms with Crippen LogP contribution in [0.5, 0.6) is 5.75 Å². The molecule has 178 valence electrons. The minimum atomic E-state index is -3.99. The molecule has 6 nitrogen and oxygen atoms in total. The number of amides is 1. The number of para-hydroxylation sites is 1. The third-order valence-corrected chi connectivity index (χ3v) is 8.37. The van der Waals surface area contributed by atoms with Gasteiger partial charge < -0.3 is 9.64 Å². The highest BCUT2D eigenvalue weighted by Crippen LogP contribution is 2.33. The average molecular weight is 497 g/mol. The van der Waals surface area contributed by atoms with E-state index in [1.54, 1.807) is 53.4 Å². The molecule has 0 fully saturated rings. The van der Waals surface area contributed by atoms with E-state index in [1.165, 1.54) is 16.1 Å². The minimum absolute atomic E-state index is 0.0457. The summed E-state index contributed by atoms with van der Waals surface area (Å²) in [5, 5.41) is 0. The van der Waals surface area contributed by atoms with Gasteiger partial charge in [0.25, 0.3) is 10.0 Å². The fourth-order valence-corrected chi connectivity index (χ4v) is 6.03. The zero-order chi connectivity index (χ0) is 24.3. The van der Waals surface area contributed by atoms with Crippen molar-refractivity contribution in [1.82, 2.24) is 0 Å². The molecule has 1 aliphatic rings. The van der Waals surface area contributed by atoms with Gasteiger partial charge in [0.1, 0.15) is 12.3 Å². The van der Waals surface area contributed by atoms with Crippen LogP contribution in [0.15, 0.2) is 82.6 Å². The summed E-state index contributed by atoms with van der Waals surface area (Å²) in [6.45, 7) is 4.07. The highest BCUT2D eigenvalue weighted by atomic mass is 32.2. The number of carbonyl (C=O) groups excluding carboxylic acids is 1. The molecule has 3 aromatic rings. The molecule has 1 amide bonds. The second kappa shape index (κ2) is 10.1. The maximum atomic E-state index is 13.7. The van der Waals surface area contributed by atoms with Gasteiger partial charge in [0.05, 0.1) is 17.2 Å². The summed E-state index contributed by atoms with van der Waals surface area (Å²) in [5.74, 6) is 0.372. The van der Waals surface area contributed by atoms with E-state index in [4.69, 9.17) is 4.74 Å². The number of thioether (sulfide) groups is 1. The number of sulfonamides is 1. The Balaban J connectivity index is 1.71. The third kappa shape index (κ3) is 4.79. The Kier molecular flexibility index (Phi) is 7.19. The zero-order valence-electron chi connectivity index (χ0n) is 19.5. The van der Waals surface area contributed by atoms with Gasteiger partial charge in [0, 0.05) is 16.6 Å². The Morgan fingerprint density at radius 2 is 1.74 bits per heavy atom. The van der Waals surface area contributed by atoms with Crippen LogP contribution in [0.25, 0.3) is 0 Å². The predicted molar refractivity (Wildman–Crippen MR) is 137 cm³/mol. The summed E-state index contributed by atoms with van der Waals surface area (Å²) in [6.07, 6.45) is 2.68. The molecule has 0 spiro atoms. The SMILES string of the molecule is CCOc1ccc(N(CC(=O)N2c3ccccc3C[C@H]2C)S(=O)(=O)c2ccc(SC)cc2)cc1. The quantitative estimate of drug-likeness (QED) is 0.412. The van der Waals surface area contributed by atoms with E-state index in [1.807, 2.05) is 44.4 Å². The first kappa shape index (κ1) is 24.2. The van der Waals surface area contributed by atoms with Gasteiger partial charge in [0.15, 0.2) is 0 Å². The van der Waals surface area contributed by atoms with Crippen LogP contribution in [0.3, 0.4) is 0 Å². The predicted octanol–water partition coefficient (Wildman–Crippen LogP) is 4.98. The third-order valence-electron chi connectivity index (χ3n) is 5.84. The van der Waals surface area contributed by atoms with Gasteiger partial charge in [-0.05, 0) is 86.7 Å². The second-order valence-electron chi connectivity index (χ2n) is 8.06. The maximum Gasteiger partial charge on any atom is 0.264 e. The lowest BCUT2D eigenvalue weighted by Crippen LogP contribution is -2.45. The van der Waals surface area contributed by atoms with Crippen molar-refractivity contribution in [3.8, 4) is 5.75 Å². The second-order valence-corrected chi connectivity index (χ2v) is 10.8. The Hall–Kier alpha value is -2.97. The van der Waals surface area contributed by atoms with Gasteiger partial charge in [-0.2, -0.15) is 0 Å². The van der Waals surface area contributed by atoms with Crippen molar-refractivity contribution in [2.75, 3.05) is 28.6 Å². The topological polar surface area (TPSA) is 66.9 Å². The normalized spacial score (nSPS) is 15.1. The fourth-order valence-electron chi connectivity index (χ4n) is 4.21. The number of benzene rings is 3. The zero-order valence-corrected chi connectivity index (χ0v) is 21.1. The van der Waals surface area contributed by atoms with Crippen molar-refractivity contribution in [1.29, 1.82) is 0 Å². The molecule has 0 N–H and O–H groups in total. The molecular weight excluding hydrogens is 468 g/mol. The fraction of sp³-hybridized carbons (Fsp3) is 0.269. The molecule has 1 atom stereocenters. The van der Waals surface area contributed by atoms with Crippen molar-refractivity contribution in [3.05, 3.63) is 78.4 Å². The molecule has 0 unspecified atom stereocenters. The Morgan fingerprint density at radius 3 is 2.38 bits per heavy atom. The van der Waals surface area contributed by atoms with Crippen molar-refractivity contribution in [3.63, 3.8) is 0 Å². The molecular formula is C26H28N2O4S2. The number of hydrogen-bond acceptors (Lipinski definition) is 5.